The van der Waals surface area contributed by atoms with Crippen molar-refractivity contribution in [2.75, 3.05) is 13.1 Å². The van der Waals surface area contributed by atoms with Crippen molar-refractivity contribution in [3.8, 4) is 5.75 Å². The van der Waals surface area contributed by atoms with Crippen LogP contribution < -0.4 is 4.74 Å². The Morgan fingerprint density at radius 3 is 2.28 bits per heavy atom. The molecule has 2 aliphatic heterocycles. The van der Waals surface area contributed by atoms with Gasteiger partial charge in [0.1, 0.15) is 5.75 Å². The van der Waals surface area contributed by atoms with E-state index in [0.29, 0.717) is 24.8 Å². The van der Waals surface area contributed by atoms with Gasteiger partial charge in [0.25, 0.3) is 0 Å². The normalized spacial score (nSPS) is 28.6. The molecule has 0 aromatic heterocycles. The third kappa shape index (κ3) is 4.64. The average molecular weight is 401 g/mol. The molecule has 160 valence electrons. The van der Waals surface area contributed by atoms with E-state index in [-0.39, 0.29) is 35.6 Å². The first kappa shape index (κ1) is 22.2. The lowest BCUT2D eigenvalue weighted by Gasteiger charge is -2.47. The lowest BCUT2D eigenvalue weighted by molar-refractivity contribution is 0.00578. The molecule has 29 heavy (non-hydrogen) atoms. The summed E-state index contributed by atoms with van der Waals surface area (Å²) in [5.74, 6) is 1.32. The zero-order valence-corrected chi connectivity index (χ0v) is 19.0. The number of para-hydroxylation sites is 1. The van der Waals surface area contributed by atoms with E-state index < -0.39 is 0 Å². The molecule has 0 bridgehead atoms. The SMILES string of the molecule is CC(C)C[C@@]1(C)CN(C(=O)Oc2ccccc2)CC[C@H]1B1OC(C)(C)C(C)(C)O1. The molecule has 2 heterocycles. The first-order valence-electron chi connectivity index (χ1n) is 10.8. The monoisotopic (exact) mass is 401 g/mol. The highest BCUT2D eigenvalue weighted by molar-refractivity contribution is 6.47. The Hall–Kier alpha value is -1.53. The molecule has 0 spiro atoms. The Labute approximate surface area is 176 Å². The number of rotatable bonds is 4. The Morgan fingerprint density at radius 1 is 1.14 bits per heavy atom. The smallest absolute Gasteiger partial charge is 0.410 e. The molecule has 0 unspecified atom stereocenters. The number of nitrogens with zero attached hydrogens (tertiary/aromatic N) is 1. The van der Waals surface area contributed by atoms with Crippen LogP contribution in [-0.4, -0.2) is 42.4 Å². The topological polar surface area (TPSA) is 48.0 Å². The van der Waals surface area contributed by atoms with Crippen LogP contribution in [0.3, 0.4) is 0 Å². The Morgan fingerprint density at radius 2 is 1.72 bits per heavy atom. The molecule has 2 fully saturated rings. The van der Waals surface area contributed by atoms with E-state index in [9.17, 15) is 4.79 Å². The number of ether oxygens (including phenoxy) is 1. The minimum Gasteiger partial charge on any atom is -0.410 e. The van der Waals surface area contributed by atoms with Gasteiger partial charge in [-0.1, -0.05) is 39.0 Å². The highest BCUT2D eigenvalue weighted by Gasteiger charge is 2.58. The van der Waals surface area contributed by atoms with E-state index >= 15 is 0 Å². The average Bonchev–Trinajstić information content (AvgIpc) is 2.81. The van der Waals surface area contributed by atoms with Crippen LogP contribution in [0, 0.1) is 11.3 Å². The first-order valence-corrected chi connectivity index (χ1v) is 10.8. The van der Waals surface area contributed by atoms with E-state index in [1.54, 1.807) is 0 Å². The summed E-state index contributed by atoms with van der Waals surface area (Å²) in [6, 6.07) is 9.27. The second-order valence-corrected chi connectivity index (χ2v) is 10.4. The summed E-state index contributed by atoms with van der Waals surface area (Å²) in [5, 5.41) is 0. The molecule has 3 rings (SSSR count). The second-order valence-electron chi connectivity index (χ2n) is 10.4. The summed E-state index contributed by atoms with van der Waals surface area (Å²) >= 11 is 0. The maximum Gasteiger partial charge on any atom is 0.461 e. The molecule has 0 radical (unpaired) electrons. The molecule has 5 nitrogen and oxygen atoms in total. The highest BCUT2D eigenvalue weighted by atomic mass is 16.7. The number of carbonyl (C=O) groups excluding carboxylic acids is 1. The summed E-state index contributed by atoms with van der Waals surface area (Å²) in [4.78, 5) is 14.7. The van der Waals surface area contributed by atoms with Gasteiger partial charge in [0.15, 0.2) is 0 Å². The fraction of sp³-hybridized carbons (Fsp3) is 0.696. The van der Waals surface area contributed by atoms with Crippen LogP contribution in [0.15, 0.2) is 30.3 Å². The maximum absolute atomic E-state index is 12.8. The number of benzene rings is 1. The largest absolute Gasteiger partial charge is 0.461 e. The second kappa shape index (κ2) is 7.95. The minimum absolute atomic E-state index is 0.108. The number of piperidine rings is 1. The van der Waals surface area contributed by atoms with Crippen LogP contribution in [0.4, 0.5) is 4.79 Å². The predicted molar refractivity (Wildman–Crippen MR) is 116 cm³/mol. The van der Waals surface area contributed by atoms with Crippen molar-refractivity contribution in [1.82, 2.24) is 4.90 Å². The van der Waals surface area contributed by atoms with Crippen molar-refractivity contribution >= 4 is 13.2 Å². The number of carbonyl (C=O) groups is 1. The Balaban J connectivity index is 1.76. The molecule has 0 N–H and O–H groups in total. The summed E-state index contributed by atoms with van der Waals surface area (Å²) in [5.41, 5.74) is -0.803. The predicted octanol–water partition coefficient (Wildman–Crippen LogP) is 5.41. The highest BCUT2D eigenvalue weighted by Crippen LogP contribution is 2.51. The zero-order valence-electron chi connectivity index (χ0n) is 19.0. The molecule has 1 aromatic rings. The molecule has 0 aliphatic carbocycles. The number of likely N-dealkylation sites (tertiary alicyclic amines) is 1. The molecule has 1 aromatic carbocycles. The van der Waals surface area contributed by atoms with Crippen LogP contribution >= 0.6 is 0 Å². The number of hydrogen-bond acceptors (Lipinski definition) is 4. The molecule has 6 heteroatoms. The van der Waals surface area contributed by atoms with Gasteiger partial charge in [0, 0.05) is 18.9 Å². The first-order chi connectivity index (χ1) is 13.4. The fourth-order valence-corrected chi connectivity index (χ4v) is 4.75. The maximum atomic E-state index is 12.8. The van der Waals surface area contributed by atoms with Crippen LogP contribution in [0.2, 0.25) is 5.82 Å². The van der Waals surface area contributed by atoms with Crippen molar-refractivity contribution in [1.29, 1.82) is 0 Å². The van der Waals surface area contributed by atoms with Crippen molar-refractivity contribution in [3.63, 3.8) is 0 Å². The van der Waals surface area contributed by atoms with Crippen molar-refractivity contribution < 1.29 is 18.8 Å². The van der Waals surface area contributed by atoms with Gasteiger partial charge >= 0.3 is 13.2 Å². The third-order valence-electron chi connectivity index (χ3n) is 6.84. The lowest BCUT2D eigenvalue weighted by atomic mass is 9.53. The van der Waals surface area contributed by atoms with Gasteiger partial charge in [-0.05, 0) is 64.0 Å². The number of amides is 1. The molecule has 2 atom stereocenters. The molecule has 2 saturated heterocycles. The van der Waals surface area contributed by atoms with Crippen molar-refractivity contribution in [2.24, 2.45) is 11.3 Å². The number of hydrogen-bond donors (Lipinski definition) is 0. The Bertz CT molecular complexity index is 705. The third-order valence-corrected chi connectivity index (χ3v) is 6.84. The molecule has 0 saturated carbocycles. The van der Waals surface area contributed by atoms with Crippen LogP contribution in [0.1, 0.15) is 61.3 Å². The summed E-state index contributed by atoms with van der Waals surface area (Å²) in [7, 11) is -0.254. The molecular formula is C23H36BNO4. The van der Waals surface area contributed by atoms with Gasteiger partial charge < -0.3 is 18.9 Å². The zero-order chi connectivity index (χ0) is 21.4. The van der Waals surface area contributed by atoms with Gasteiger partial charge in [-0.3, -0.25) is 0 Å². The van der Waals surface area contributed by atoms with Gasteiger partial charge in [0.2, 0.25) is 0 Å². The van der Waals surface area contributed by atoms with Crippen LogP contribution in [-0.2, 0) is 9.31 Å². The summed E-state index contributed by atoms with van der Waals surface area (Å²) < 4.78 is 18.4. The molecule has 1 amide bonds. The summed E-state index contributed by atoms with van der Waals surface area (Å²) in [6.07, 6.45) is 1.56. The van der Waals surface area contributed by atoms with E-state index in [1.165, 1.54) is 0 Å². The van der Waals surface area contributed by atoms with Crippen LogP contribution in [0.5, 0.6) is 5.75 Å². The van der Waals surface area contributed by atoms with E-state index in [2.05, 4.69) is 48.5 Å². The molecular weight excluding hydrogens is 365 g/mol. The van der Waals surface area contributed by atoms with Gasteiger partial charge in [-0.25, -0.2) is 4.79 Å². The van der Waals surface area contributed by atoms with E-state index in [1.807, 2.05) is 35.2 Å². The standard InChI is InChI=1S/C23H36BNO4/c1-17(2)15-23(7)16-25(20(26)27-18-11-9-8-10-12-18)14-13-19(23)24-28-21(3,4)22(5,6)29-24/h8-12,17,19H,13-16H2,1-7H3/t19-,23+/m1/s1. The van der Waals surface area contributed by atoms with E-state index in [0.717, 1.165) is 12.8 Å². The van der Waals surface area contributed by atoms with Crippen molar-refractivity contribution in [2.45, 2.75) is 78.3 Å². The quantitative estimate of drug-likeness (QED) is 0.634. The summed E-state index contributed by atoms with van der Waals surface area (Å²) in [6.45, 7) is 16.4. The Kier molecular flexibility index (Phi) is 6.08. The lowest BCUT2D eigenvalue weighted by Crippen LogP contribution is -2.53. The minimum atomic E-state index is -0.347. The molecule has 2 aliphatic rings. The van der Waals surface area contributed by atoms with Gasteiger partial charge in [-0.15, -0.1) is 0 Å². The fourth-order valence-electron chi connectivity index (χ4n) is 4.75. The van der Waals surface area contributed by atoms with Gasteiger partial charge in [0.05, 0.1) is 11.2 Å². The van der Waals surface area contributed by atoms with Gasteiger partial charge in [-0.2, -0.15) is 0 Å². The van der Waals surface area contributed by atoms with Crippen molar-refractivity contribution in [3.05, 3.63) is 30.3 Å². The van der Waals surface area contributed by atoms with Crippen LogP contribution in [0.25, 0.3) is 0 Å². The van der Waals surface area contributed by atoms with E-state index in [4.69, 9.17) is 14.0 Å².